The molecular formula is C24H22ClNO4S. The number of esters is 1. The van der Waals surface area contributed by atoms with Crippen LogP contribution in [0.1, 0.15) is 34.3 Å². The first-order valence-corrected chi connectivity index (χ1v) is 11.3. The molecule has 1 aliphatic rings. The third kappa shape index (κ3) is 4.92. The van der Waals surface area contributed by atoms with Crippen molar-refractivity contribution >= 4 is 39.8 Å². The van der Waals surface area contributed by atoms with E-state index in [2.05, 4.69) is 17.4 Å². The molecule has 1 aliphatic carbocycles. The molecule has 7 heteroatoms. The zero-order valence-electron chi connectivity index (χ0n) is 17.1. The number of benzene rings is 2. The number of halogens is 1. The van der Waals surface area contributed by atoms with Crippen molar-refractivity contribution in [1.29, 1.82) is 0 Å². The Kier molecular flexibility index (Phi) is 6.59. The smallest absolute Gasteiger partial charge is 0.341 e. The Morgan fingerprint density at radius 3 is 2.55 bits per heavy atom. The molecule has 0 saturated heterocycles. The van der Waals surface area contributed by atoms with Crippen LogP contribution in [0.4, 0.5) is 5.00 Å². The molecule has 0 saturated carbocycles. The van der Waals surface area contributed by atoms with Gasteiger partial charge in [-0.05, 0) is 66.6 Å². The van der Waals surface area contributed by atoms with Gasteiger partial charge in [0.15, 0.2) is 6.61 Å². The fourth-order valence-corrected chi connectivity index (χ4v) is 4.81. The first kappa shape index (κ1) is 21.4. The number of carbonyl (C=O) groups is 2. The fraction of sp³-hybridized carbons (Fsp3) is 0.250. The number of ether oxygens (including phenoxy) is 2. The van der Waals surface area contributed by atoms with E-state index in [1.54, 1.807) is 24.3 Å². The molecule has 1 N–H and O–H groups in total. The molecule has 31 heavy (non-hydrogen) atoms. The lowest BCUT2D eigenvalue weighted by Gasteiger charge is -2.16. The van der Waals surface area contributed by atoms with Gasteiger partial charge in [0.25, 0.3) is 5.91 Å². The molecule has 160 valence electrons. The molecular weight excluding hydrogens is 434 g/mol. The lowest BCUT2D eigenvalue weighted by Crippen LogP contribution is -2.21. The molecule has 3 aromatic rings. The van der Waals surface area contributed by atoms with Crippen LogP contribution in [0.25, 0.3) is 11.1 Å². The van der Waals surface area contributed by atoms with Gasteiger partial charge in [-0.25, -0.2) is 4.79 Å². The molecule has 0 unspecified atom stereocenters. The Morgan fingerprint density at radius 2 is 1.81 bits per heavy atom. The second-order valence-corrected chi connectivity index (χ2v) is 8.64. The summed E-state index contributed by atoms with van der Waals surface area (Å²) in [5.41, 5.74) is 4.78. The van der Waals surface area contributed by atoms with Gasteiger partial charge in [0, 0.05) is 16.0 Å². The highest BCUT2D eigenvalue weighted by Gasteiger charge is 2.23. The summed E-state index contributed by atoms with van der Waals surface area (Å²) >= 11 is 7.16. The summed E-state index contributed by atoms with van der Waals surface area (Å²) in [4.78, 5) is 25.0. The average Bonchev–Trinajstić information content (AvgIpc) is 3.21. The van der Waals surface area contributed by atoms with Gasteiger partial charge in [-0.15, -0.1) is 11.3 Å². The van der Waals surface area contributed by atoms with Gasteiger partial charge in [-0.2, -0.15) is 0 Å². The summed E-state index contributed by atoms with van der Waals surface area (Å²) in [5.74, 6) is -0.310. The van der Waals surface area contributed by atoms with Gasteiger partial charge in [0.05, 0.1) is 7.11 Å². The third-order valence-corrected chi connectivity index (χ3v) is 6.42. The monoisotopic (exact) mass is 455 g/mol. The molecule has 0 spiro atoms. The molecule has 0 bridgehead atoms. The molecule has 1 aromatic heterocycles. The maximum atomic E-state index is 12.6. The Hall–Kier alpha value is -2.83. The van der Waals surface area contributed by atoms with Crippen molar-refractivity contribution in [3.05, 3.63) is 69.6 Å². The van der Waals surface area contributed by atoms with Crippen LogP contribution in [0.15, 0.2) is 47.8 Å². The zero-order valence-corrected chi connectivity index (χ0v) is 18.6. The number of hydrogen-bond acceptors (Lipinski definition) is 5. The van der Waals surface area contributed by atoms with Crippen LogP contribution in [-0.2, 0) is 22.4 Å². The maximum Gasteiger partial charge on any atom is 0.341 e. The predicted octanol–water partition coefficient (Wildman–Crippen LogP) is 5.75. The van der Waals surface area contributed by atoms with E-state index < -0.39 is 5.97 Å². The number of amides is 1. The molecule has 5 nitrogen and oxygen atoms in total. The Bertz CT molecular complexity index is 1110. The predicted molar refractivity (Wildman–Crippen MR) is 123 cm³/mol. The van der Waals surface area contributed by atoms with Crippen LogP contribution >= 0.6 is 22.9 Å². The quantitative estimate of drug-likeness (QED) is 0.480. The van der Waals surface area contributed by atoms with Gasteiger partial charge < -0.3 is 14.8 Å². The third-order valence-electron chi connectivity index (χ3n) is 5.28. The molecule has 0 aliphatic heterocycles. The summed E-state index contributed by atoms with van der Waals surface area (Å²) in [6.07, 6.45) is 4.54. The van der Waals surface area contributed by atoms with Crippen LogP contribution < -0.4 is 10.1 Å². The summed E-state index contributed by atoms with van der Waals surface area (Å²) in [7, 11) is 1.34. The van der Waals surface area contributed by atoms with Crippen molar-refractivity contribution in [2.75, 3.05) is 19.0 Å². The van der Waals surface area contributed by atoms with Gasteiger partial charge >= 0.3 is 5.97 Å². The van der Waals surface area contributed by atoms with Crippen LogP contribution in [0.2, 0.25) is 5.02 Å². The summed E-state index contributed by atoms with van der Waals surface area (Å²) in [5, 5.41) is 5.71. The fourth-order valence-electron chi connectivity index (χ4n) is 3.71. The Labute approximate surface area is 190 Å². The first-order valence-electron chi connectivity index (χ1n) is 10.1. The van der Waals surface area contributed by atoms with Crippen molar-refractivity contribution in [1.82, 2.24) is 0 Å². The summed E-state index contributed by atoms with van der Waals surface area (Å²) in [6.45, 7) is -0.186. The van der Waals surface area contributed by atoms with E-state index in [0.717, 1.165) is 24.0 Å². The van der Waals surface area contributed by atoms with Gasteiger partial charge in [0.1, 0.15) is 16.3 Å². The average molecular weight is 456 g/mol. The minimum atomic E-state index is -0.483. The lowest BCUT2D eigenvalue weighted by atomic mass is 9.89. The lowest BCUT2D eigenvalue weighted by molar-refractivity contribution is -0.118. The summed E-state index contributed by atoms with van der Waals surface area (Å²) in [6, 6.07) is 13.1. The number of rotatable bonds is 6. The number of fused-ring (bicyclic) bond motifs is 1. The van der Waals surface area contributed by atoms with Crippen molar-refractivity contribution in [3.8, 4) is 16.9 Å². The highest BCUT2D eigenvalue weighted by atomic mass is 35.5. The van der Waals surface area contributed by atoms with Gasteiger partial charge in [-0.1, -0.05) is 29.8 Å². The number of hydrogen-bond donors (Lipinski definition) is 1. The van der Waals surface area contributed by atoms with Crippen molar-refractivity contribution in [2.45, 2.75) is 25.7 Å². The van der Waals surface area contributed by atoms with E-state index >= 15 is 0 Å². The van der Waals surface area contributed by atoms with Crippen molar-refractivity contribution < 1.29 is 19.1 Å². The second kappa shape index (κ2) is 9.54. The Morgan fingerprint density at radius 1 is 1.06 bits per heavy atom. The molecule has 0 radical (unpaired) electrons. The summed E-state index contributed by atoms with van der Waals surface area (Å²) < 4.78 is 10.5. The van der Waals surface area contributed by atoms with Crippen LogP contribution in [-0.4, -0.2) is 25.6 Å². The normalized spacial score (nSPS) is 12.7. The highest BCUT2D eigenvalue weighted by Crippen LogP contribution is 2.37. The Balaban J connectivity index is 1.54. The zero-order chi connectivity index (χ0) is 21.8. The van der Waals surface area contributed by atoms with Crippen LogP contribution in [0, 0.1) is 0 Å². The first-order chi connectivity index (χ1) is 15.0. The molecule has 4 rings (SSSR count). The number of nitrogens with one attached hydrogen (secondary N) is 1. The van der Waals surface area contributed by atoms with Crippen molar-refractivity contribution in [2.24, 2.45) is 0 Å². The number of aryl methyl sites for hydroxylation is 2. The van der Waals surface area contributed by atoms with Crippen molar-refractivity contribution in [3.63, 3.8) is 0 Å². The SMILES string of the molecule is COC(=O)c1c(-c2ccc3c(c2)CCCC3)csc1NC(=O)COc1ccc(Cl)cc1. The van der Waals surface area contributed by atoms with E-state index in [-0.39, 0.29) is 12.5 Å². The molecule has 2 aromatic carbocycles. The number of methoxy groups -OCH3 is 1. The number of carbonyl (C=O) groups excluding carboxylic acids is 2. The second-order valence-electron chi connectivity index (χ2n) is 7.33. The van der Waals surface area contributed by atoms with E-state index in [9.17, 15) is 9.59 Å². The van der Waals surface area contributed by atoms with Crippen LogP contribution in [0.5, 0.6) is 5.75 Å². The number of anilines is 1. The van der Waals surface area contributed by atoms with E-state index in [1.807, 2.05) is 11.4 Å². The van der Waals surface area contributed by atoms with Gasteiger partial charge in [-0.3, -0.25) is 4.79 Å². The highest BCUT2D eigenvalue weighted by molar-refractivity contribution is 7.15. The van der Waals surface area contributed by atoms with E-state index in [1.165, 1.54) is 42.4 Å². The minimum Gasteiger partial charge on any atom is -0.484 e. The molecule has 0 atom stereocenters. The topological polar surface area (TPSA) is 64.6 Å². The number of thiophene rings is 1. The largest absolute Gasteiger partial charge is 0.484 e. The molecule has 1 heterocycles. The standard InChI is InChI=1S/C24H22ClNO4S/c1-29-24(28)22-20(17-7-6-15-4-2-3-5-16(15)12-17)14-31-23(22)26-21(27)13-30-19-10-8-18(25)9-11-19/h6-12,14H,2-5,13H2,1H3,(H,26,27). The maximum absolute atomic E-state index is 12.6. The van der Waals surface area contributed by atoms with Gasteiger partial charge in [0.2, 0.25) is 0 Å². The van der Waals surface area contributed by atoms with E-state index in [4.69, 9.17) is 21.1 Å². The van der Waals surface area contributed by atoms with E-state index in [0.29, 0.717) is 21.3 Å². The van der Waals surface area contributed by atoms with Crippen LogP contribution in [0.3, 0.4) is 0 Å². The molecule has 1 amide bonds. The molecule has 0 fully saturated rings. The minimum absolute atomic E-state index is 0.186.